The van der Waals surface area contributed by atoms with E-state index in [9.17, 15) is 20.4 Å². The monoisotopic (exact) mass is 1020 g/mol. The number of methoxy groups -OCH3 is 4. The van der Waals surface area contributed by atoms with Crippen molar-refractivity contribution in [3.8, 4) is 46.0 Å². The van der Waals surface area contributed by atoms with Crippen LogP contribution in [0.15, 0.2) is 92.8 Å². The second kappa shape index (κ2) is 40.0. The summed E-state index contributed by atoms with van der Waals surface area (Å²) in [5.74, 6) is 0.659. The topological polar surface area (TPSA) is 364 Å². The van der Waals surface area contributed by atoms with Crippen molar-refractivity contribution in [1.29, 1.82) is 0 Å². The third-order valence-electron chi connectivity index (χ3n) is 7.69. The summed E-state index contributed by atoms with van der Waals surface area (Å²) in [6.07, 6.45) is 6.32. The fourth-order valence-corrected chi connectivity index (χ4v) is 4.78. The van der Waals surface area contributed by atoms with Crippen LogP contribution in [-0.4, -0.2) is 128 Å². The molecule has 350 valence electrons. The normalized spacial score (nSPS) is 10.1. The molecule has 0 radical (unpaired) electrons. The third kappa shape index (κ3) is 27.6. The van der Waals surface area contributed by atoms with E-state index in [0.717, 1.165) is 33.3 Å². The average Bonchev–Trinajstić information content (AvgIpc) is 3.27. The van der Waals surface area contributed by atoms with Crippen LogP contribution in [0.3, 0.4) is 0 Å². The van der Waals surface area contributed by atoms with Crippen LogP contribution in [0.1, 0.15) is 22.3 Å². The first-order valence-electron chi connectivity index (χ1n) is 18.9. The van der Waals surface area contributed by atoms with Gasteiger partial charge in [-0.1, -0.05) is 71.5 Å². The molecule has 23 nitrogen and oxygen atoms in total. The molecular weight excluding hydrogens is 975 g/mol. The maximum absolute atomic E-state index is 11.9. The molecule has 0 aliphatic rings. The van der Waals surface area contributed by atoms with Crippen molar-refractivity contribution >= 4 is 24.9 Å². The van der Waals surface area contributed by atoms with Gasteiger partial charge >= 0.3 is 39.0 Å². The van der Waals surface area contributed by atoms with Crippen molar-refractivity contribution < 1.29 is 104 Å². The number of nitrogens with zero attached hydrogens (tertiary/aromatic N) is 6. The number of quaternary nitrogens is 2. The number of ether oxygens (including phenoxy) is 4. The average molecular weight is 1030 g/mol. The fraction of sp³-hybridized carbons (Fsp3) is 0.317. The van der Waals surface area contributed by atoms with Crippen LogP contribution in [0, 0.1) is 30.6 Å². The van der Waals surface area contributed by atoms with Gasteiger partial charge in [0.25, 0.3) is 0 Å². The smallest absolute Gasteiger partial charge is 0.870 e. The van der Waals surface area contributed by atoms with E-state index in [-0.39, 0.29) is 62.0 Å². The minimum atomic E-state index is -1.75. The van der Waals surface area contributed by atoms with Crippen LogP contribution in [0.4, 0.5) is 0 Å². The Morgan fingerprint density at radius 2 is 0.636 bits per heavy atom. The Hall–Kier alpha value is -6.51. The van der Waals surface area contributed by atoms with E-state index in [4.69, 9.17) is 54.7 Å². The minimum Gasteiger partial charge on any atom is -0.870 e. The number of aliphatic imine (C=N–C) groups is 4. The van der Waals surface area contributed by atoms with Gasteiger partial charge in [-0.05, 0) is 46.5 Å². The van der Waals surface area contributed by atoms with Gasteiger partial charge in [0.2, 0.25) is 0 Å². The molecule has 0 aliphatic heterocycles. The zero-order valence-corrected chi connectivity index (χ0v) is 43.2. The molecule has 0 aliphatic carbocycles. The van der Waals surface area contributed by atoms with Crippen LogP contribution >= 0.6 is 0 Å². The van der Waals surface area contributed by atoms with Crippen molar-refractivity contribution in [2.75, 3.05) is 87.9 Å². The molecule has 0 amide bonds. The molecule has 66 heavy (non-hydrogen) atoms. The molecule has 0 saturated carbocycles. The summed E-state index contributed by atoms with van der Waals surface area (Å²) in [5, 5.41) is 88.5. The largest absolute Gasteiger partial charge is 2.00 e. The van der Waals surface area contributed by atoms with E-state index in [0.29, 0.717) is 71.4 Å². The van der Waals surface area contributed by atoms with Crippen molar-refractivity contribution in [2.24, 2.45) is 20.0 Å². The van der Waals surface area contributed by atoms with Crippen LogP contribution < -0.4 is 50.0 Å². The minimum absolute atomic E-state index is 0. The second-order valence-corrected chi connectivity index (χ2v) is 11.8. The van der Waals surface area contributed by atoms with Crippen LogP contribution in [0.25, 0.3) is 0 Å². The zero-order chi connectivity index (χ0) is 48.1. The molecule has 0 aromatic heterocycles. The molecule has 25 heteroatoms. The molecule has 0 atom stereocenters. The summed E-state index contributed by atoms with van der Waals surface area (Å²) in [6, 6.07) is 20.5. The summed E-state index contributed by atoms with van der Waals surface area (Å²) in [7, 11) is 6.89. The van der Waals surface area contributed by atoms with E-state index in [2.05, 4.69) is 30.6 Å². The quantitative estimate of drug-likeness (QED) is 0.0315. The Kier molecular flexibility index (Phi) is 38.7. The third-order valence-corrected chi connectivity index (χ3v) is 7.69. The number of nitrogens with two attached hydrogens (primary N) is 2. The first kappa shape index (κ1) is 63.8. The zero-order valence-electron chi connectivity index (χ0n) is 37.3. The SMILES string of the molecule is CO.COc1cccc(C=NCC[NH2+]CCN=Cc2cccc(OC)c2[O-])c1[O-].COc1cccc(C=NCC[NH2+]CCN=Cc2cccc(OC)c2[O-])c1[O-].O=[N+]([O-])[O-].O=[N+]([O-])[O-].[Zn+2].[Zn+2]. The van der Waals surface area contributed by atoms with E-state index >= 15 is 0 Å². The van der Waals surface area contributed by atoms with E-state index in [1.54, 1.807) is 97.7 Å². The second-order valence-electron chi connectivity index (χ2n) is 11.8. The Bertz CT molecular complexity index is 1800. The van der Waals surface area contributed by atoms with E-state index in [1.165, 1.54) is 28.4 Å². The molecule has 0 fully saturated rings. The summed E-state index contributed by atoms with van der Waals surface area (Å²) < 4.78 is 20.0. The van der Waals surface area contributed by atoms with Crippen molar-refractivity contribution in [2.45, 2.75) is 0 Å². The van der Waals surface area contributed by atoms with Gasteiger partial charge in [0.15, 0.2) is 0 Å². The van der Waals surface area contributed by atoms with Gasteiger partial charge in [0, 0.05) is 32.0 Å². The van der Waals surface area contributed by atoms with Gasteiger partial charge in [-0.2, -0.15) is 0 Å². The summed E-state index contributed by atoms with van der Waals surface area (Å²) in [4.78, 5) is 33.6. The van der Waals surface area contributed by atoms with Gasteiger partial charge in [-0.3, -0.25) is 20.0 Å². The summed E-state index contributed by atoms with van der Waals surface area (Å²) >= 11 is 0. The number of rotatable bonds is 20. The van der Waals surface area contributed by atoms with Gasteiger partial charge in [-0.25, -0.2) is 0 Å². The molecule has 4 rings (SSSR count). The predicted octanol–water partition coefficient (Wildman–Crippen LogP) is -0.970. The van der Waals surface area contributed by atoms with E-state index < -0.39 is 10.2 Å². The van der Waals surface area contributed by atoms with Crippen LogP contribution in [0.2, 0.25) is 0 Å². The van der Waals surface area contributed by atoms with Gasteiger partial charge in [0.05, 0.1) is 91.0 Å². The van der Waals surface area contributed by atoms with Crippen molar-refractivity contribution in [3.63, 3.8) is 0 Å². The summed E-state index contributed by atoms with van der Waals surface area (Å²) in [6.45, 7) is 5.54. The predicted molar refractivity (Wildman–Crippen MR) is 232 cm³/mol. The molecular formula is C41H52N8O15Zn2. The molecule has 0 unspecified atom stereocenters. The first-order chi connectivity index (χ1) is 30.8. The first-order valence-corrected chi connectivity index (χ1v) is 18.9. The van der Waals surface area contributed by atoms with Gasteiger partial charge in [-0.15, -0.1) is 0 Å². The Morgan fingerprint density at radius 1 is 0.455 bits per heavy atom. The fourth-order valence-electron chi connectivity index (χ4n) is 4.78. The molecule has 4 aromatic carbocycles. The number of aliphatic hydroxyl groups excluding tert-OH is 1. The molecule has 0 saturated heterocycles. The van der Waals surface area contributed by atoms with Crippen LogP contribution in [0.5, 0.6) is 46.0 Å². The number of para-hydroxylation sites is 4. The molecule has 0 spiro atoms. The number of aliphatic hydroxyl groups is 1. The Balaban J connectivity index is -0.000000975. The number of benzene rings is 4. The maximum atomic E-state index is 11.9. The Labute approximate surface area is 407 Å². The van der Waals surface area contributed by atoms with Gasteiger partial charge in [0.1, 0.15) is 23.0 Å². The molecule has 4 aromatic rings. The number of hydrogen-bond acceptors (Lipinski definition) is 19. The van der Waals surface area contributed by atoms with Crippen molar-refractivity contribution in [3.05, 3.63) is 126 Å². The van der Waals surface area contributed by atoms with Crippen molar-refractivity contribution in [1.82, 2.24) is 0 Å². The summed E-state index contributed by atoms with van der Waals surface area (Å²) in [5.41, 5.74) is 2.08. The van der Waals surface area contributed by atoms with E-state index in [1.807, 2.05) is 0 Å². The van der Waals surface area contributed by atoms with Gasteiger partial charge < -0.3 is 85.8 Å². The molecule has 0 bridgehead atoms. The Morgan fingerprint density at radius 3 is 0.803 bits per heavy atom. The van der Waals surface area contributed by atoms with Crippen LogP contribution in [-0.2, 0) is 39.0 Å². The molecule has 5 N–H and O–H groups in total. The molecule has 0 heterocycles. The number of hydrogen-bond donors (Lipinski definition) is 3. The maximum Gasteiger partial charge on any atom is 2.00 e. The standard InChI is InChI=1S/2C20H25N3O4.CH4O.2NO3.2Zn/c2*1-26-17-7-3-5-15(19(17)24)13-22-11-9-21-10-12-23-14-16-6-4-8-18(27-2)20(16)25;1-2;2*2-1(3)4;;/h2*3-8,13-14,21,24-25H,9-12H2,1-2H3;2H,1H3;;;;/q;;;2*-1;2*+2/p-2.